The number of nitrogens with one attached hydrogen (secondary N) is 1. The van der Waals surface area contributed by atoms with E-state index in [-0.39, 0.29) is 19.4 Å². The van der Waals surface area contributed by atoms with Gasteiger partial charge in [0.15, 0.2) is 12.4 Å². The molecule has 0 aromatic rings. The van der Waals surface area contributed by atoms with Crippen molar-refractivity contribution in [2.45, 2.75) is 352 Å². The Balaban J connectivity index is 2.57. The average molecular weight is 1130 g/mol. The van der Waals surface area contributed by atoms with Crippen LogP contribution >= 0.6 is 0 Å². The van der Waals surface area contributed by atoms with Crippen molar-refractivity contribution < 1.29 is 49.3 Å². The summed E-state index contributed by atoms with van der Waals surface area (Å²) in [5.74, 6) is -1.21. The highest BCUT2D eigenvalue weighted by Crippen LogP contribution is 2.26. The lowest BCUT2D eigenvalue weighted by Crippen LogP contribution is -2.61. The van der Waals surface area contributed by atoms with Crippen LogP contribution in [0.25, 0.3) is 0 Å². The fourth-order valence-electron chi connectivity index (χ4n) is 10.5. The van der Waals surface area contributed by atoms with Gasteiger partial charge < -0.3 is 45.1 Å². The summed E-state index contributed by atoms with van der Waals surface area (Å²) in [5, 5.41) is 57.0. The molecule has 0 aromatic carbocycles. The summed E-state index contributed by atoms with van der Waals surface area (Å²) in [5.41, 5.74) is 0. The summed E-state index contributed by atoms with van der Waals surface area (Å²) in [7, 11) is 0. The van der Waals surface area contributed by atoms with Gasteiger partial charge in [-0.25, -0.2) is 0 Å². The molecule has 1 aliphatic rings. The molecule has 11 nitrogen and oxygen atoms in total. The first-order chi connectivity index (χ1) is 39.2. The lowest BCUT2D eigenvalue weighted by molar-refractivity contribution is -0.305. The van der Waals surface area contributed by atoms with Crippen LogP contribution in [0.4, 0.5) is 0 Å². The number of allylic oxidation sites excluding steroid dienone is 9. The number of hydrogen-bond donors (Lipinski definition) is 6. The Labute approximate surface area is 490 Å². The number of esters is 1. The largest absolute Gasteiger partial charge is 0.454 e. The highest BCUT2D eigenvalue weighted by molar-refractivity contribution is 5.80. The lowest BCUT2D eigenvalue weighted by atomic mass is 9.99. The number of carbonyl (C=O) groups excluding carboxylic acids is 2. The summed E-state index contributed by atoms with van der Waals surface area (Å²) in [6.45, 7) is 5.66. The van der Waals surface area contributed by atoms with E-state index in [1.54, 1.807) is 6.08 Å². The third-order valence-electron chi connectivity index (χ3n) is 15.8. The van der Waals surface area contributed by atoms with E-state index in [0.29, 0.717) is 12.8 Å². The second-order valence-corrected chi connectivity index (χ2v) is 23.3. The summed E-state index contributed by atoms with van der Waals surface area (Å²) < 4.78 is 17.6. The highest BCUT2D eigenvalue weighted by Gasteiger charge is 2.47. The summed E-state index contributed by atoms with van der Waals surface area (Å²) in [4.78, 5) is 26.6. The molecule has 1 saturated heterocycles. The summed E-state index contributed by atoms with van der Waals surface area (Å²) in [6.07, 6.45) is 61.3. The number of amides is 1. The first-order valence-corrected chi connectivity index (χ1v) is 33.6. The van der Waals surface area contributed by atoms with Crippen LogP contribution in [0.5, 0.6) is 0 Å². The van der Waals surface area contributed by atoms with Crippen molar-refractivity contribution in [3.05, 3.63) is 60.8 Å². The van der Waals surface area contributed by atoms with Crippen LogP contribution < -0.4 is 5.32 Å². The number of aliphatic hydroxyl groups excluding tert-OH is 5. The second-order valence-electron chi connectivity index (χ2n) is 23.3. The quantitative estimate of drug-likeness (QED) is 0.0149. The number of aliphatic hydroxyl groups is 5. The zero-order valence-corrected chi connectivity index (χ0v) is 51.7. The molecule has 0 bridgehead atoms. The molecule has 1 rings (SSSR count). The minimum atomic E-state index is -1.62. The number of rotatable bonds is 57. The molecule has 466 valence electrons. The maximum Gasteiger partial charge on any atom is 0.306 e. The van der Waals surface area contributed by atoms with Gasteiger partial charge in [-0.2, -0.15) is 0 Å². The molecule has 80 heavy (non-hydrogen) atoms. The normalized spacial score (nSPS) is 19.1. The topological polar surface area (TPSA) is 175 Å². The van der Waals surface area contributed by atoms with Crippen molar-refractivity contribution in [2.24, 2.45) is 0 Å². The molecule has 6 N–H and O–H groups in total. The number of hydrogen-bond acceptors (Lipinski definition) is 10. The molecule has 0 spiro atoms. The molecule has 1 fully saturated rings. The third kappa shape index (κ3) is 44.0. The van der Waals surface area contributed by atoms with Gasteiger partial charge in [0.2, 0.25) is 5.91 Å². The van der Waals surface area contributed by atoms with Gasteiger partial charge in [-0.05, 0) is 44.9 Å². The number of ether oxygens (including phenoxy) is 3. The zero-order valence-electron chi connectivity index (χ0n) is 51.7. The van der Waals surface area contributed by atoms with Gasteiger partial charge in [-0.3, -0.25) is 9.59 Å². The molecular weight excluding hydrogens is 1000 g/mol. The van der Waals surface area contributed by atoms with Gasteiger partial charge in [-0.15, -0.1) is 0 Å². The van der Waals surface area contributed by atoms with Crippen molar-refractivity contribution in [3.8, 4) is 0 Å². The Morgan fingerprint density at radius 1 is 0.500 bits per heavy atom. The van der Waals surface area contributed by atoms with Gasteiger partial charge in [0.1, 0.15) is 24.4 Å². The van der Waals surface area contributed by atoms with E-state index in [1.165, 1.54) is 186 Å². The predicted octanol–water partition coefficient (Wildman–Crippen LogP) is 16.6. The van der Waals surface area contributed by atoms with Crippen molar-refractivity contribution >= 4 is 11.9 Å². The first kappa shape index (κ1) is 75.4. The van der Waals surface area contributed by atoms with E-state index in [1.807, 2.05) is 42.5 Å². The number of unbranched alkanes of at least 4 members (excludes halogenated alkanes) is 38. The van der Waals surface area contributed by atoms with Crippen LogP contribution in [0.15, 0.2) is 60.8 Å². The number of carbonyl (C=O) groups is 2. The van der Waals surface area contributed by atoms with E-state index in [0.717, 1.165) is 70.6 Å². The van der Waals surface area contributed by atoms with Crippen LogP contribution in [0, 0.1) is 0 Å². The Kier molecular flexibility index (Phi) is 53.5. The molecule has 11 heteroatoms. The predicted molar refractivity (Wildman–Crippen MR) is 333 cm³/mol. The molecule has 1 heterocycles. The Bertz CT molecular complexity index is 1530. The average Bonchev–Trinajstić information content (AvgIpc) is 3.46. The Morgan fingerprint density at radius 3 is 1.35 bits per heavy atom. The highest BCUT2D eigenvalue weighted by atomic mass is 16.7. The Morgan fingerprint density at radius 2 is 0.900 bits per heavy atom. The van der Waals surface area contributed by atoms with Crippen LogP contribution in [-0.4, -0.2) is 99.6 Å². The third-order valence-corrected chi connectivity index (χ3v) is 15.8. The van der Waals surface area contributed by atoms with Gasteiger partial charge in [0.25, 0.3) is 0 Å². The second kappa shape index (κ2) is 56.8. The minimum absolute atomic E-state index is 0.123. The molecule has 0 aromatic heterocycles. The fourth-order valence-corrected chi connectivity index (χ4v) is 10.5. The van der Waals surface area contributed by atoms with E-state index < -0.39 is 67.4 Å². The monoisotopic (exact) mass is 1130 g/mol. The Hall–Kier alpha value is -2.64. The van der Waals surface area contributed by atoms with E-state index in [2.05, 4.69) is 38.2 Å². The summed E-state index contributed by atoms with van der Waals surface area (Å²) in [6, 6.07) is -1.04. The molecule has 0 saturated carbocycles. The molecule has 0 aliphatic carbocycles. The SMILES string of the molecule is CC/C=C/C=C/C=C/C=C\CCCCCCC(O)C(=O)NC(COC1OC(CO)C(O)C(O)C1OC(=O)CCCCCCCCCCCCCCCCCCCCCCCCCCC)C(O)/C=C/CCCCCCCCCCCC. The maximum absolute atomic E-state index is 13.4. The van der Waals surface area contributed by atoms with E-state index in [4.69, 9.17) is 14.2 Å². The zero-order chi connectivity index (χ0) is 58.2. The minimum Gasteiger partial charge on any atom is -0.454 e. The van der Waals surface area contributed by atoms with Crippen LogP contribution in [0.3, 0.4) is 0 Å². The first-order valence-electron chi connectivity index (χ1n) is 33.6. The maximum atomic E-state index is 13.4. The van der Waals surface area contributed by atoms with Crippen LogP contribution in [0.2, 0.25) is 0 Å². The molecule has 1 aliphatic heterocycles. The molecule has 8 unspecified atom stereocenters. The van der Waals surface area contributed by atoms with Crippen molar-refractivity contribution in [2.75, 3.05) is 13.2 Å². The van der Waals surface area contributed by atoms with Gasteiger partial charge in [0, 0.05) is 6.42 Å². The smallest absolute Gasteiger partial charge is 0.306 e. The van der Waals surface area contributed by atoms with Gasteiger partial charge in [0.05, 0.1) is 25.4 Å². The van der Waals surface area contributed by atoms with Crippen molar-refractivity contribution in [3.63, 3.8) is 0 Å². The van der Waals surface area contributed by atoms with Gasteiger partial charge >= 0.3 is 5.97 Å². The van der Waals surface area contributed by atoms with Crippen molar-refractivity contribution in [1.29, 1.82) is 0 Å². The summed E-state index contributed by atoms with van der Waals surface area (Å²) >= 11 is 0. The fraction of sp³-hybridized carbons (Fsp3) is 0.826. The van der Waals surface area contributed by atoms with Gasteiger partial charge in [-0.1, -0.05) is 313 Å². The molecule has 1 amide bonds. The van der Waals surface area contributed by atoms with E-state index >= 15 is 0 Å². The molecular formula is C69H125NO10. The van der Waals surface area contributed by atoms with Crippen LogP contribution in [-0.2, 0) is 23.8 Å². The van der Waals surface area contributed by atoms with E-state index in [9.17, 15) is 35.1 Å². The van der Waals surface area contributed by atoms with Crippen molar-refractivity contribution in [1.82, 2.24) is 5.32 Å². The lowest BCUT2D eigenvalue weighted by Gasteiger charge is -2.41. The van der Waals surface area contributed by atoms with Crippen LogP contribution in [0.1, 0.15) is 303 Å². The molecule has 8 atom stereocenters. The molecule has 0 radical (unpaired) electrons. The standard InChI is InChI=1S/C69H125NO10/c1-4-7-10-13-16-19-22-25-27-28-29-30-31-32-33-34-35-36-37-39-42-45-48-51-54-57-64(74)80-67-66(76)65(75)63(58-71)79-69(67)78-59-60(61(72)55-52-49-46-43-40-24-21-18-15-12-9-6-3)70-68(77)62(73)56-53-50-47-44-41-38-26-23-20-17-14-11-8-5-2/h8,11,14,17,20,23,26,38,52,55,60-63,65-67,69,71-73,75-76H,4-7,9-10,12-13,15-16,18-19,21-22,24-25,27-37,39-51,53-54,56-59H2,1-3H3,(H,70,77)/b11-8+,17-14+,23-20+,38-26-,55-52+.